The van der Waals surface area contributed by atoms with Crippen molar-refractivity contribution in [2.24, 2.45) is 5.92 Å². The van der Waals surface area contributed by atoms with Crippen LogP contribution in [-0.4, -0.2) is 27.5 Å². The Labute approximate surface area is 203 Å². The average Bonchev–Trinajstić information content (AvgIpc) is 2.74. The van der Waals surface area contributed by atoms with Crippen LogP contribution in [0.25, 0.3) is 0 Å². The topological polar surface area (TPSA) is 43.7 Å². The molecule has 1 aliphatic heterocycles. The van der Waals surface area contributed by atoms with E-state index in [0.717, 1.165) is 12.8 Å². The number of aryl methyl sites for hydroxylation is 1. The van der Waals surface area contributed by atoms with Crippen LogP contribution in [-0.2, 0) is 0 Å². The molecule has 0 saturated heterocycles. The van der Waals surface area contributed by atoms with Crippen LogP contribution in [0.4, 0.5) is 5.69 Å². The van der Waals surface area contributed by atoms with Gasteiger partial charge in [0.05, 0.1) is 17.2 Å². The third-order valence-electron chi connectivity index (χ3n) is 6.42. The van der Waals surface area contributed by atoms with Crippen molar-refractivity contribution in [3.8, 4) is 0 Å². The number of benzene rings is 1. The Bertz CT molecular complexity index is 822. The molecule has 0 spiro atoms. The molecule has 0 amide bonds. The lowest BCUT2D eigenvalue weighted by molar-refractivity contribution is -0.107. The van der Waals surface area contributed by atoms with E-state index in [4.69, 9.17) is 10.2 Å². The fourth-order valence-corrected chi connectivity index (χ4v) is 3.54. The molecule has 1 aliphatic carbocycles. The maximum Gasteiger partial charge on any atom is 0.0872 e. The second-order valence-electron chi connectivity index (χ2n) is 9.92. The van der Waals surface area contributed by atoms with Crippen molar-refractivity contribution in [2.75, 3.05) is 4.90 Å². The first-order valence-corrected chi connectivity index (χ1v) is 12.4. The fourth-order valence-electron chi connectivity index (χ4n) is 3.54. The fraction of sp³-hybridized carbons (Fsp3) is 0.533. The van der Waals surface area contributed by atoms with Gasteiger partial charge >= 0.3 is 0 Å². The molecule has 2 atom stereocenters. The minimum Gasteiger partial charge on any atom is -0.387 e. The van der Waals surface area contributed by atoms with Crippen LogP contribution >= 0.6 is 0 Å². The summed E-state index contributed by atoms with van der Waals surface area (Å²) in [7, 11) is 0. The molecular formula is C30H47NO2. The van der Waals surface area contributed by atoms with Gasteiger partial charge in [-0.1, -0.05) is 57.2 Å². The predicted octanol–water partition coefficient (Wildman–Crippen LogP) is 7.50. The van der Waals surface area contributed by atoms with Gasteiger partial charge in [0.15, 0.2) is 0 Å². The van der Waals surface area contributed by atoms with Crippen LogP contribution in [0.3, 0.4) is 0 Å². The number of anilines is 1. The average molecular weight is 454 g/mol. The third-order valence-corrected chi connectivity index (χ3v) is 6.42. The third kappa shape index (κ3) is 8.64. The van der Waals surface area contributed by atoms with Gasteiger partial charge in [0.2, 0.25) is 0 Å². The summed E-state index contributed by atoms with van der Waals surface area (Å²) >= 11 is 0. The number of hydrogen-bond acceptors (Lipinski definition) is 3. The van der Waals surface area contributed by atoms with E-state index in [2.05, 4.69) is 74.0 Å². The summed E-state index contributed by atoms with van der Waals surface area (Å²) in [4.78, 5) is 2.48. The lowest BCUT2D eigenvalue weighted by Gasteiger charge is -2.38. The maximum absolute atomic E-state index is 9.10. The zero-order valence-electron chi connectivity index (χ0n) is 22.2. The van der Waals surface area contributed by atoms with Crippen molar-refractivity contribution in [2.45, 2.75) is 98.3 Å². The highest BCUT2D eigenvalue weighted by Gasteiger charge is 2.32. The van der Waals surface area contributed by atoms with Crippen molar-refractivity contribution >= 4 is 5.69 Å². The van der Waals surface area contributed by atoms with Crippen molar-refractivity contribution < 1.29 is 10.2 Å². The molecule has 3 rings (SSSR count). The summed E-state index contributed by atoms with van der Waals surface area (Å²) in [6.07, 6.45) is 16.0. The number of allylic oxidation sites excluding steroid dienone is 5. The maximum atomic E-state index is 9.10. The summed E-state index contributed by atoms with van der Waals surface area (Å²) in [5.41, 5.74) is 3.44. The number of nitrogens with zero attached hydrogens (tertiary/aromatic N) is 1. The van der Waals surface area contributed by atoms with Crippen LogP contribution < -0.4 is 4.90 Å². The highest BCUT2D eigenvalue weighted by Crippen LogP contribution is 2.35. The molecule has 3 heteroatoms. The molecule has 2 unspecified atom stereocenters. The summed E-state index contributed by atoms with van der Waals surface area (Å²) < 4.78 is 0. The summed E-state index contributed by atoms with van der Waals surface area (Å²) in [6, 6.07) is 9.30. The van der Waals surface area contributed by atoms with Gasteiger partial charge < -0.3 is 15.1 Å². The van der Waals surface area contributed by atoms with E-state index in [1.807, 2.05) is 19.9 Å². The van der Waals surface area contributed by atoms with E-state index >= 15 is 0 Å². The standard InChI is InChI=1S/C22H27N.C6H14O2.C2H6/c1-4-5-11-20-16-23(21-13-8-9-17(2)14-21)22-15-19(20)12-7-6-10-18(22)3;1-5(2,7)6(3,4)8;1-2/h4,7-9,12-16,18,22H,1,5-6,10-11H2,2-3H3;7-8H,1-4H3;1-2H3/b12-7-;;. The van der Waals surface area contributed by atoms with Crippen LogP contribution in [0.1, 0.15) is 79.7 Å². The Morgan fingerprint density at radius 3 is 2.30 bits per heavy atom. The van der Waals surface area contributed by atoms with E-state index < -0.39 is 11.2 Å². The van der Waals surface area contributed by atoms with Crippen molar-refractivity contribution in [3.05, 3.63) is 78.1 Å². The van der Waals surface area contributed by atoms with Crippen molar-refractivity contribution in [3.63, 3.8) is 0 Å². The molecule has 1 aromatic rings. The minimum atomic E-state index is -1.01. The van der Waals surface area contributed by atoms with Gasteiger partial charge in [-0.3, -0.25) is 0 Å². The van der Waals surface area contributed by atoms with E-state index in [9.17, 15) is 0 Å². The molecule has 0 radical (unpaired) electrons. The smallest absolute Gasteiger partial charge is 0.0872 e. The SMILES string of the molecule is C=CCCC1=CN(c2cccc(C)c2)C2C=C1/C=C\CCC2C.CC.CC(C)(O)C(C)(C)O. The second kappa shape index (κ2) is 13.0. The molecule has 1 heterocycles. The molecule has 184 valence electrons. The molecule has 2 N–H and O–H groups in total. The molecular weight excluding hydrogens is 406 g/mol. The molecule has 0 fully saturated rings. The largest absolute Gasteiger partial charge is 0.387 e. The first-order chi connectivity index (χ1) is 15.4. The Morgan fingerprint density at radius 2 is 1.76 bits per heavy atom. The minimum absolute atomic E-state index is 0.448. The van der Waals surface area contributed by atoms with E-state index in [1.54, 1.807) is 27.7 Å². The predicted molar refractivity (Wildman–Crippen MR) is 145 cm³/mol. The monoisotopic (exact) mass is 453 g/mol. The van der Waals surface area contributed by atoms with Gasteiger partial charge in [0, 0.05) is 11.9 Å². The highest BCUT2D eigenvalue weighted by atomic mass is 16.3. The Kier molecular flexibility index (Phi) is 11.4. The van der Waals surface area contributed by atoms with E-state index in [1.165, 1.54) is 35.2 Å². The number of aliphatic hydroxyl groups is 2. The van der Waals surface area contributed by atoms with Crippen LogP contribution in [0.5, 0.6) is 0 Å². The summed E-state index contributed by atoms with van der Waals surface area (Å²) in [5, 5.41) is 18.2. The van der Waals surface area contributed by atoms with E-state index in [0.29, 0.717) is 12.0 Å². The molecule has 33 heavy (non-hydrogen) atoms. The Morgan fingerprint density at radius 1 is 1.12 bits per heavy atom. The lowest BCUT2D eigenvalue weighted by atomic mass is 9.85. The van der Waals surface area contributed by atoms with Crippen LogP contribution in [0.15, 0.2) is 72.5 Å². The summed E-state index contributed by atoms with van der Waals surface area (Å²) in [6.45, 7) is 18.7. The van der Waals surface area contributed by atoms with Gasteiger partial charge in [0.1, 0.15) is 0 Å². The first kappa shape index (κ1) is 28.9. The van der Waals surface area contributed by atoms with Gasteiger partial charge in [0.25, 0.3) is 0 Å². The molecule has 1 aromatic carbocycles. The van der Waals surface area contributed by atoms with Gasteiger partial charge in [-0.15, -0.1) is 6.58 Å². The second-order valence-corrected chi connectivity index (χ2v) is 9.92. The van der Waals surface area contributed by atoms with Crippen LogP contribution in [0.2, 0.25) is 0 Å². The van der Waals surface area contributed by atoms with Crippen molar-refractivity contribution in [1.29, 1.82) is 0 Å². The zero-order valence-corrected chi connectivity index (χ0v) is 22.2. The molecule has 0 aromatic heterocycles. The molecule has 2 aliphatic rings. The zero-order chi connectivity index (χ0) is 25.2. The molecule has 3 nitrogen and oxygen atoms in total. The number of rotatable bonds is 5. The van der Waals surface area contributed by atoms with Gasteiger partial charge in [-0.25, -0.2) is 0 Å². The molecule has 0 saturated carbocycles. The Balaban J connectivity index is 0.000000464. The van der Waals surface area contributed by atoms with Crippen LogP contribution in [0, 0.1) is 12.8 Å². The van der Waals surface area contributed by atoms with Gasteiger partial charge in [-0.2, -0.15) is 0 Å². The van der Waals surface area contributed by atoms with Crippen molar-refractivity contribution in [1.82, 2.24) is 0 Å². The van der Waals surface area contributed by atoms with E-state index in [-0.39, 0.29) is 0 Å². The quantitative estimate of drug-likeness (QED) is 0.454. The van der Waals surface area contributed by atoms with Gasteiger partial charge in [-0.05, 0) is 95.1 Å². The number of fused-ring (bicyclic) bond motifs is 1. The first-order valence-electron chi connectivity index (χ1n) is 12.4. The Hall–Kier alpha value is -2.10. The summed E-state index contributed by atoms with van der Waals surface area (Å²) in [5.74, 6) is 0.646. The normalized spacial score (nSPS) is 21.1. The highest BCUT2D eigenvalue weighted by molar-refractivity contribution is 5.59. The number of hydrogen-bond donors (Lipinski definition) is 2. The molecule has 2 bridgehead atoms. The lowest BCUT2D eigenvalue weighted by Crippen LogP contribution is -2.44.